The van der Waals surface area contributed by atoms with E-state index in [0.717, 1.165) is 11.7 Å². The molecule has 1 nitrogen and oxygen atoms in total. The molecule has 0 unspecified atom stereocenters. The highest BCUT2D eigenvalue weighted by molar-refractivity contribution is 7.80. The average Bonchev–Trinajstić information content (AvgIpc) is 2.02. The van der Waals surface area contributed by atoms with Crippen LogP contribution >= 0.6 is 12.6 Å². The van der Waals surface area contributed by atoms with Crippen molar-refractivity contribution in [2.24, 2.45) is 5.92 Å². The molecule has 0 N–H and O–H groups in total. The first-order valence-corrected chi connectivity index (χ1v) is 6.06. The Bertz CT molecular complexity index is 113. The van der Waals surface area contributed by atoms with E-state index < -0.39 is 0 Å². The highest BCUT2D eigenvalue weighted by Crippen LogP contribution is 2.06. The smallest absolute Gasteiger partial charge is 0.00387 e. The fraction of sp³-hybridized carbons (Fsp3) is 1.00. The van der Waals surface area contributed by atoms with Crippen molar-refractivity contribution in [2.45, 2.75) is 46.6 Å². The van der Waals surface area contributed by atoms with Crippen LogP contribution in [0, 0.1) is 5.92 Å². The minimum atomic E-state index is 0.683. The zero-order valence-corrected chi connectivity index (χ0v) is 10.5. The molecule has 0 aliphatic rings. The third-order valence-corrected chi connectivity index (χ3v) is 2.50. The molecule has 0 saturated carbocycles. The maximum Gasteiger partial charge on any atom is 0.00387 e. The van der Waals surface area contributed by atoms with Crippen LogP contribution in [0.15, 0.2) is 0 Å². The number of hydrogen-bond acceptors (Lipinski definition) is 2. The Labute approximate surface area is 89.3 Å². The van der Waals surface area contributed by atoms with Gasteiger partial charge in [0, 0.05) is 12.6 Å². The van der Waals surface area contributed by atoms with Gasteiger partial charge in [0.1, 0.15) is 0 Å². The van der Waals surface area contributed by atoms with E-state index in [0.29, 0.717) is 6.04 Å². The predicted molar refractivity (Wildman–Crippen MR) is 64.6 cm³/mol. The second-order valence-electron chi connectivity index (χ2n) is 4.41. The maximum absolute atomic E-state index is 4.23. The van der Waals surface area contributed by atoms with Crippen LogP contribution in [0.5, 0.6) is 0 Å². The van der Waals surface area contributed by atoms with Gasteiger partial charge in [-0.15, -0.1) is 0 Å². The van der Waals surface area contributed by atoms with E-state index in [1.807, 2.05) is 0 Å². The summed E-state index contributed by atoms with van der Waals surface area (Å²) in [6.07, 6.45) is 2.53. The predicted octanol–water partition coefficient (Wildman–Crippen LogP) is 3.06. The second-order valence-corrected chi connectivity index (χ2v) is 4.86. The van der Waals surface area contributed by atoms with Crippen LogP contribution in [-0.4, -0.2) is 29.8 Å². The summed E-state index contributed by atoms with van der Waals surface area (Å²) in [7, 11) is 0. The maximum atomic E-state index is 4.23. The van der Waals surface area contributed by atoms with E-state index in [-0.39, 0.29) is 0 Å². The van der Waals surface area contributed by atoms with E-state index in [1.165, 1.54) is 25.9 Å². The number of unbranched alkanes of at least 4 members (excludes halogenated alkanes) is 1. The molecule has 0 aromatic carbocycles. The number of nitrogens with zero attached hydrogens (tertiary/aromatic N) is 1. The average molecular weight is 203 g/mol. The molecule has 13 heavy (non-hydrogen) atoms. The van der Waals surface area contributed by atoms with Gasteiger partial charge in [-0.1, -0.05) is 13.8 Å². The highest BCUT2D eigenvalue weighted by Gasteiger charge is 2.09. The van der Waals surface area contributed by atoms with Gasteiger partial charge in [-0.2, -0.15) is 12.6 Å². The Morgan fingerprint density at radius 3 is 2.08 bits per heavy atom. The second kappa shape index (κ2) is 7.69. The molecular weight excluding hydrogens is 178 g/mol. The minimum Gasteiger partial charge on any atom is -0.301 e. The Balaban J connectivity index is 3.67. The summed E-state index contributed by atoms with van der Waals surface area (Å²) in [6, 6.07) is 0.683. The van der Waals surface area contributed by atoms with E-state index in [1.54, 1.807) is 0 Å². The van der Waals surface area contributed by atoms with Gasteiger partial charge in [-0.25, -0.2) is 0 Å². The van der Waals surface area contributed by atoms with Crippen molar-refractivity contribution in [3.8, 4) is 0 Å². The molecule has 0 amide bonds. The Morgan fingerprint density at radius 1 is 1.08 bits per heavy atom. The molecule has 0 rings (SSSR count). The van der Waals surface area contributed by atoms with E-state index in [2.05, 4.69) is 45.2 Å². The first-order valence-electron chi connectivity index (χ1n) is 5.42. The van der Waals surface area contributed by atoms with Crippen LogP contribution in [-0.2, 0) is 0 Å². The quantitative estimate of drug-likeness (QED) is 0.492. The lowest BCUT2D eigenvalue weighted by molar-refractivity contribution is 0.195. The van der Waals surface area contributed by atoms with Gasteiger partial charge in [-0.05, 0) is 44.9 Å². The normalized spacial score (nSPS) is 12.0. The van der Waals surface area contributed by atoms with Crippen LogP contribution in [0.2, 0.25) is 0 Å². The molecule has 0 atom stereocenters. The van der Waals surface area contributed by atoms with E-state index in [9.17, 15) is 0 Å². The molecule has 0 radical (unpaired) electrons. The Morgan fingerprint density at radius 2 is 1.69 bits per heavy atom. The van der Waals surface area contributed by atoms with Crippen molar-refractivity contribution >= 4 is 12.6 Å². The lowest BCUT2D eigenvalue weighted by Crippen LogP contribution is -2.35. The molecule has 80 valence electrons. The van der Waals surface area contributed by atoms with Crippen LogP contribution in [0.1, 0.15) is 40.5 Å². The van der Waals surface area contributed by atoms with Crippen LogP contribution < -0.4 is 0 Å². The summed E-state index contributed by atoms with van der Waals surface area (Å²) in [6.45, 7) is 11.6. The lowest BCUT2D eigenvalue weighted by Gasteiger charge is -2.28. The van der Waals surface area contributed by atoms with Gasteiger partial charge in [-0.3, -0.25) is 0 Å². The van der Waals surface area contributed by atoms with Gasteiger partial charge in [0.25, 0.3) is 0 Å². The van der Waals surface area contributed by atoms with Crippen LogP contribution in [0.4, 0.5) is 0 Å². The lowest BCUT2D eigenvalue weighted by atomic mass is 10.1. The van der Waals surface area contributed by atoms with Gasteiger partial charge >= 0.3 is 0 Å². The van der Waals surface area contributed by atoms with Crippen molar-refractivity contribution in [1.29, 1.82) is 0 Å². The molecule has 0 aliphatic carbocycles. The Hall–Kier alpha value is 0.310. The summed E-state index contributed by atoms with van der Waals surface area (Å²) >= 11 is 4.23. The van der Waals surface area contributed by atoms with Crippen molar-refractivity contribution in [1.82, 2.24) is 4.90 Å². The summed E-state index contributed by atoms with van der Waals surface area (Å²) in [5.74, 6) is 1.80. The van der Waals surface area contributed by atoms with Gasteiger partial charge in [0.15, 0.2) is 0 Å². The third-order valence-electron chi connectivity index (χ3n) is 2.18. The standard InChI is InChI=1S/C11H25NS/c1-10(2)9-12(11(3)4)7-5-6-8-13/h10-11,13H,5-9H2,1-4H3. The van der Waals surface area contributed by atoms with Crippen molar-refractivity contribution < 1.29 is 0 Å². The largest absolute Gasteiger partial charge is 0.301 e. The monoisotopic (exact) mass is 203 g/mol. The summed E-state index contributed by atoms with van der Waals surface area (Å²) in [5.41, 5.74) is 0. The third kappa shape index (κ3) is 7.39. The SMILES string of the molecule is CC(C)CN(CCCCS)C(C)C. The summed E-state index contributed by atoms with van der Waals surface area (Å²) in [5, 5.41) is 0. The van der Waals surface area contributed by atoms with Crippen molar-refractivity contribution in [3.05, 3.63) is 0 Å². The molecule has 0 spiro atoms. The highest BCUT2D eigenvalue weighted by atomic mass is 32.1. The number of thiol groups is 1. The molecule has 0 aromatic heterocycles. The van der Waals surface area contributed by atoms with Gasteiger partial charge < -0.3 is 4.90 Å². The van der Waals surface area contributed by atoms with Crippen molar-refractivity contribution in [2.75, 3.05) is 18.8 Å². The number of rotatable bonds is 7. The minimum absolute atomic E-state index is 0.683. The fourth-order valence-electron chi connectivity index (χ4n) is 1.46. The molecule has 0 bridgehead atoms. The molecule has 0 heterocycles. The molecular formula is C11H25NS. The molecule has 0 aromatic rings. The van der Waals surface area contributed by atoms with Crippen LogP contribution in [0.25, 0.3) is 0 Å². The topological polar surface area (TPSA) is 3.24 Å². The Kier molecular flexibility index (Phi) is 7.87. The van der Waals surface area contributed by atoms with Gasteiger partial charge in [0.2, 0.25) is 0 Å². The molecule has 2 heteroatoms. The summed E-state index contributed by atoms with van der Waals surface area (Å²) in [4.78, 5) is 2.56. The molecule has 0 saturated heterocycles. The van der Waals surface area contributed by atoms with E-state index in [4.69, 9.17) is 0 Å². The zero-order chi connectivity index (χ0) is 10.3. The number of hydrogen-bond donors (Lipinski definition) is 1. The summed E-state index contributed by atoms with van der Waals surface area (Å²) < 4.78 is 0. The van der Waals surface area contributed by atoms with E-state index >= 15 is 0 Å². The molecule has 0 fully saturated rings. The van der Waals surface area contributed by atoms with Crippen LogP contribution in [0.3, 0.4) is 0 Å². The van der Waals surface area contributed by atoms with Crippen molar-refractivity contribution in [3.63, 3.8) is 0 Å². The van der Waals surface area contributed by atoms with Gasteiger partial charge in [0.05, 0.1) is 0 Å². The first kappa shape index (κ1) is 13.3. The zero-order valence-electron chi connectivity index (χ0n) is 9.58. The first-order chi connectivity index (χ1) is 6.07. The molecule has 0 aliphatic heterocycles. The fourth-order valence-corrected chi connectivity index (χ4v) is 1.68.